The zero-order valence-corrected chi connectivity index (χ0v) is 12.2. The highest BCUT2D eigenvalue weighted by Gasteiger charge is 2.43. The summed E-state index contributed by atoms with van der Waals surface area (Å²) in [5, 5.41) is 0. The van der Waals surface area contributed by atoms with Gasteiger partial charge >= 0.3 is 0 Å². The molecule has 1 aliphatic carbocycles. The first-order valence-electron chi connectivity index (χ1n) is 6.92. The highest BCUT2D eigenvalue weighted by Crippen LogP contribution is 2.31. The average Bonchev–Trinajstić information content (AvgIpc) is 2.25. The van der Waals surface area contributed by atoms with Gasteiger partial charge in [0, 0.05) is 19.3 Å². The molecule has 2 nitrogen and oxygen atoms in total. The number of nitrogens with zero attached hydrogens (tertiary/aromatic N) is 1. The zero-order valence-electron chi connectivity index (χ0n) is 11.2. The summed E-state index contributed by atoms with van der Waals surface area (Å²) >= 11 is 0. The van der Waals surface area contributed by atoms with E-state index in [4.69, 9.17) is 4.43 Å². The summed E-state index contributed by atoms with van der Waals surface area (Å²) < 4.78 is 5.76. The molecule has 0 aromatic heterocycles. The van der Waals surface area contributed by atoms with Crippen molar-refractivity contribution in [3.05, 3.63) is 0 Å². The lowest BCUT2D eigenvalue weighted by Crippen LogP contribution is -2.63. The Morgan fingerprint density at radius 2 is 1.81 bits per heavy atom. The van der Waals surface area contributed by atoms with Gasteiger partial charge in [-0.3, -0.25) is 0 Å². The molecule has 1 saturated heterocycles. The van der Waals surface area contributed by atoms with Crippen molar-refractivity contribution in [1.82, 2.24) is 4.90 Å². The standard InChI is InChI=1S/C13H27NOSi/c1-15-16(2,3)13-9-10-14(13)11-12-7-5-4-6-8-12/h12-13H,4-11H2,1-3H3. The second-order valence-corrected chi connectivity index (χ2v) is 10.4. The van der Waals surface area contributed by atoms with Crippen molar-refractivity contribution in [2.45, 2.75) is 57.3 Å². The molecule has 0 aromatic rings. The Kier molecular flexibility index (Phi) is 4.09. The van der Waals surface area contributed by atoms with Gasteiger partial charge in [0.2, 0.25) is 8.32 Å². The summed E-state index contributed by atoms with van der Waals surface area (Å²) in [6.45, 7) is 7.40. The molecule has 1 heterocycles. The largest absolute Gasteiger partial charge is 0.419 e. The Bertz CT molecular complexity index is 226. The van der Waals surface area contributed by atoms with Crippen molar-refractivity contribution in [3.63, 3.8) is 0 Å². The Labute approximate surface area is 101 Å². The van der Waals surface area contributed by atoms with E-state index in [1.165, 1.54) is 51.6 Å². The minimum absolute atomic E-state index is 0.791. The molecule has 0 N–H and O–H groups in total. The van der Waals surface area contributed by atoms with E-state index in [9.17, 15) is 0 Å². The van der Waals surface area contributed by atoms with Crippen molar-refractivity contribution in [2.24, 2.45) is 5.92 Å². The molecule has 0 amide bonds. The van der Waals surface area contributed by atoms with Gasteiger partial charge in [-0.2, -0.15) is 0 Å². The van der Waals surface area contributed by atoms with E-state index >= 15 is 0 Å². The molecule has 0 bridgehead atoms. The third-order valence-electron chi connectivity index (χ3n) is 4.68. The number of likely N-dealkylation sites (tertiary alicyclic amines) is 1. The van der Waals surface area contributed by atoms with Crippen LogP contribution in [-0.2, 0) is 4.43 Å². The van der Waals surface area contributed by atoms with Crippen LogP contribution in [0.2, 0.25) is 13.1 Å². The van der Waals surface area contributed by atoms with Gasteiger partial charge in [-0.05, 0) is 44.8 Å². The fourth-order valence-corrected chi connectivity index (χ4v) is 5.49. The van der Waals surface area contributed by atoms with Crippen LogP contribution in [0.4, 0.5) is 0 Å². The molecule has 2 rings (SSSR count). The zero-order chi connectivity index (χ0) is 11.6. The van der Waals surface area contributed by atoms with Crippen molar-refractivity contribution in [3.8, 4) is 0 Å². The van der Waals surface area contributed by atoms with Gasteiger partial charge < -0.3 is 9.33 Å². The fourth-order valence-electron chi connectivity index (χ4n) is 3.28. The molecule has 2 fully saturated rings. The summed E-state index contributed by atoms with van der Waals surface area (Å²) in [6, 6.07) is 0. The van der Waals surface area contributed by atoms with Crippen molar-refractivity contribution < 1.29 is 4.43 Å². The molecule has 94 valence electrons. The molecule has 1 unspecified atom stereocenters. The minimum Gasteiger partial charge on any atom is -0.419 e. The molecule has 0 spiro atoms. The monoisotopic (exact) mass is 241 g/mol. The van der Waals surface area contributed by atoms with Gasteiger partial charge in [-0.1, -0.05) is 19.3 Å². The fraction of sp³-hybridized carbons (Fsp3) is 1.00. The SMILES string of the molecule is CO[Si](C)(C)C1CCN1CC1CCCCC1. The van der Waals surface area contributed by atoms with Gasteiger partial charge in [0.15, 0.2) is 0 Å². The van der Waals surface area contributed by atoms with Gasteiger partial charge in [0.1, 0.15) is 0 Å². The van der Waals surface area contributed by atoms with Gasteiger partial charge in [0.25, 0.3) is 0 Å². The summed E-state index contributed by atoms with van der Waals surface area (Å²) in [5.74, 6) is 0.984. The molecule has 16 heavy (non-hydrogen) atoms. The third kappa shape index (κ3) is 2.69. The molecular weight excluding hydrogens is 214 g/mol. The maximum atomic E-state index is 5.76. The molecular formula is C13H27NOSi. The lowest BCUT2D eigenvalue weighted by molar-refractivity contribution is 0.0919. The molecule has 3 heteroatoms. The first-order chi connectivity index (χ1) is 7.63. The quantitative estimate of drug-likeness (QED) is 0.702. The van der Waals surface area contributed by atoms with Crippen LogP contribution in [0.1, 0.15) is 38.5 Å². The Morgan fingerprint density at radius 3 is 2.31 bits per heavy atom. The third-order valence-corrected chi connectivity index (χ3v) is 7.99. The van der Waals surface area contributed by atoms with Crippen molar-refractivity contribution in [2.75, 3.05) is 20.2 Å². The molecule has 2 aliphatic rings. The van der Waals surface area contributed by atoms with E-state index in [1.54, 1.807) is 0 Å². The normalized spacial score (nSPS) is 29.1. The van der Waals surface area contributed by atoms with Crippen LogP contribution >= 0.6 is 0 Å². The highest BCUT2D eigenvalue weighted by atomic mass is 28.4. The number of rotatable bonds is 4. The van der Waals surface area contributed by atoms with E-state index < -0.39 is 8.32 Å². The Morgan fingerprint density at radius 1 is 1.12 bits per heavy atom. The van der Waals surface area contributed by atoms with E-state index in [0.717, 1.165) is 11.6 Å². The van der Waals surface area contributed by atoms with Crippen LogP contribution in [0.15, 0.2) is 0 Å². The smallest absolute Gasteiger partial charge is 0.203 e. The van der Waals surface area contributed by atoms with Crippen molar-refractivity contribution in [1.29, 1.82) is 0 Å². The summed E-state index contributed by atoms with van der Waals surface area (Å²) in [7, 11) is 0.491. The van der Waals surface area contributed by atoms with E-state index in [0.29, 0.717) is 0 Å². The Balaban J connectivity index is 1.81. The molecule has 1 saturated carbocycles. The van der Waals surface area contributed by atoms with Gasteiger partial charge in [0.05, 0.1) is 0 Å². The summed E-state index contributed by atoms with van der Waals surface area (Å²) in [6.07, 6.45) is 8.72. The first kappa shape index (κ1) is 12.6. The first-order valence-corrected chi connectivity index (χ1v) is 9.91. The summed E-state index contributed by atoms with van der Waals surface area (Å²) in [5.41, 5.74) is 0.791. The molecule has 0 aromatic carbocycles. The average molecular weight is 241 g/mol. The van der Waals surface area contributed by atoms with Crippen LogP contribution in [0.3, 0.4) is 0 Å². The topological polar surface area (TPSA) is 12.5 Å². The maximum Gasteiger partial charge on any atom is 0.203 e. The van der Waals surface area contributed by atoms with Gasteiger partial charge in [-0.15, -0.1) is 0 Å². The lowest BCUT2D eigenvalue weighted by atomic mass is 9.88. The predicted octanol–water partition coefficient (Wildman–Crippen LogP) is 3.03. The minimum atomic E-state index is -1.42. The number of hydrogen-bond acceptors (Lipinski definition) is 2. The second kappa shape index (κ2) is 5.19. The molecule has 1 atom stereocenters. The lowest BCUT2D eigenvalue weighted by Gasteiger charge is -2.49. The molecule has 0 radical (unpaired) electrons. The number of hydrogen-bond donors (Lipinski definition) is 0. The van der Waals surface area contributed by atoms with E-state index in [2.05, 4.69) is 18.0 Å². The van der Waals surface area contributed by atoms with Crippen LogP contribution in [-0.4, -0.2) is 39.1 Å². The second-order valence-electron chi connectivity index (χ2n) is 6.11. The maximum absolute atomic E-state index is 5.76. The van der Waals surface area contributed by atoms with Gasteiger partial charge in [-0.25, -0.2) is 0 Å². The Hall–Kier alpha value is 0.137. The van der Waals surface area contributed by atoms with E-state index in [1.807, 2.05) is 7.11 Å². The van der Waals surface area contributed by atoms with Crippen LogP contribution < -0.4 is 0 Å². The van der Waals surface area contributed by atoms with E-state index in [-0.39, 0.29) is 0 Å². The van der Waals surface area contributed by atoms with Crippen LogP contribution in [0.5, 0.6) is 0 Å². The van der Waals surface area contributed by atoms with Crippen molar-refractivity contribution >= 4 is 8.32 Å². The highest BCUT2D eigenvalue weighted by molar-refractivity contribution is 6.72. The molecule has 1 aliphatic heterocycles. The van der Waals surface area contributed by atoms with Crippen LogP contribution in [0.25, 0.3) is 0 Å². The summed E-state index contributed by atoms with van der Waals surface area (Å²) in [4.78, 5) is 2.71. The van der Waals surface area contributed by atoms with Crippen LogP contribution in [0, 0.1) is 5.92 Å². The predicted molar refractivity (Wildman–Crippen MR) is 71.0 cm³/mol.